The van der Waals surface area contributed by atoms with E-state index in [1.54, 1.807) is 31.2 Å². The van der Waals surface area contributed by atoms with Gasteiger partial charge in [0, 0.05) is 18.8 Å². The van der Waals surface area contributed by atoms with Crippen LogP contribution in [0, 0.1) is 6.92 Å². The summed E-state index contributed by atoms with van der Waals surface area (Å²) in [6.45, 7) is 3.61. The maximum absolute atomic E-state index is 13.5. The lowest BCUT2D eigenvalue weighted by Crippen LogP contribution is -2.46. The Morgan fingerprint density at radius 3 is 2.45 bits per heavy atom. The summed E-state index contributed by atoms with van der Waals surface area (Å²) in [6.07, 6.45) is -3.25. The van der Waals surface area contributed by atoms with Crippen molar-refractivity contribution in [1.29, 1.82) is 0 Å². The molecule has 1 aliphatic rings. The molecule has 2 atom stereocenters. The predicted octanol–water partition coefficient (Wildman–Crippen LogP) is 3.79. The molecule has 0 radical (unpaired) electrons. The summed E-state index contributed by atoms with van der Waals surface area (Å²) >= 11 is 1.04. The van der Waals surface area contributed by atoms with Gasteiger partial charge in [-0.1, -0.05) is 29.5 Å². The summed E-state index contributed by atoms with van der Waals surface area (Å²) in [7, 11) is -3.90. The van der Waals surface area contributed by atoms with Gasteiger partial charge in [0.1, 0.15) is 11.5 Å². The number of hydrogen-bond donors (Lipinski definition) is 3. The smallest absolute Gasteiger partial charge is 0.368 e. The largest absolute Gasteiger partial charge is 0.399 e. The standard InChI is InChI=1S/C25H27F3N6O4S2/c1-14-20(15-9-10-30-19(11-15)24(2,3)25(26,27)28)39-22(31-14)32-23(36)34-13-16(12-18(34)21(29)35)33-40(37,38)17-7-5-4-6-8-17/h4-11,16,18,33H,12-13H2,1-3H3,(H2,29,35)(H,31,32,36)/t16-,18+/m1/s1. The van der Waals surface area contributed by atoms with Crippen LogP contribution in [0.3, 0.4) is 0 Å². The number of likely N-dealkylation sites (tertiary alicyclic amines) is 1. The van der Waals surface area contributed by atoms with Gasteiger partial charge in [-0.15, -0.1) is 0 Å². The van der Waals surface area contributed by atoms with Crippen molar-refractivity contribution in [3.63, 3.8) is 0 Å². The van der Waals surface area contributed by atoms with Gasteiger partial charge in [0.15, 0.2) is 5.13 Å². The van der Waals surface area contributed by atoms with Crippen molar-refractivity contribution < 1.29 is 31.2 Å². The molecule has 0 aliphatic carbocycles. The second-order valence-electron chi connectivity index (χ2n) is 9.85. The number of sulfonamides is 1. The first-order valence-corrected chi connectivity index (χ1v) is 14.4. The number of nitrogens with zero attached hydrogens (tertiary/aromatic N) is 3. The first-order chi connectivity index (χ1) is 18.6. The zero-order chi connectivity index (χ0) is 29.5. The molecule has 3 heterocycles. The maximum Gasteiger partial charge on any atom is 0.399 e. The molecule has 4 rings (SSSR count). The lowest BCUT2D eigenvalue weighted by Gasteiger charge is -2.27. The quantitative estimate of drug-likeness (QED) is 0.378. The van der Waals surface area contributed by atoms with E-state index in [1.807, 2.05) is 0 Å². The highest BCUT2D eigenvalue weighted by Crippen LogP contribution is 2.41. The molecular weight excluding hydrogens is 569 g/mol. The minimum Gasteiger partial charge on any atom is -0.368 e. The molecule has 1 aromatic carbocycles. The molecule has 0 bridgehead atoms. The highest BCUT2D eigenvalue weighted by atomic mass is 32.2. The molecule has 1 fully saturated rings. The van der Waals surface area contributed by atoms with E-state index in [1.165, 1.54) is 24.4 Å². The summed E-state index contributed by atoms with van der Waals surface area (Å²) in [5.74, 6) is -0.802. The molecule has 3 aromatic rings. The van der Waals surface area contributed by atoms with Crippen LogP contribution < -0.4 is 15.8 Å². The van der Waals surface area contributed by atoms with Crippen LogP contribution in [0.1, 0.15) is 31.7 Å². The minimum absolute atomic E-state index is 0.0221. The molecule has 214 valence electrons. The van der Waals surface area contributed by atoms with Gasteiger partial charge >= 0.3 is 12.2 Å². The predicted molar refractivity (Wildman–Crippen MR) is 143 cm³/mol. The van der Waals surface area contributed by atoms with Crippen molar-refractivity contribution in [2.24, 2.45) is 5.73 Å². The Balaban J connectivity index is 1.52. The first kappa shape index (κ1) is 29.4. The zero-order valence-corrected chi connectivity index (χ0v) is 23.3. The number of primary amides is 1. The average molecular weight is 597 g/mol. The second-order valence-corrected chi connectivity index (χ2v) is 12.6. The van der Waals surface area contributed by atoms with Crippen molar-refractivity contribution in [3.05, 3.63) is 60.0 Å². The number of aromatic nitrogens is 2. The number of hydrogen-bond acceptors (Lipinski definition) is 7. The minimum atomic E-state index is -4.51. The Bertz CT molecular complexity index is 1530. The number of benzene rings is 1. The molecular formula is C25H27F3N6O4S2. The van der Waals surface area contributed by atoms with Crippen LogP contribution in [0.4, 0.5) is 23.1 Å². The van der Waals surface area contributed by atoms with E-state index in [-0.39, 0.29) is 28.7 Å². The Morgan fingerprint density at radius 2 is 1.82 bits per heavy atom. The fourth-order valence-electron chi connectivity index (χ4n) is 4.24. The summed E-state index contributed by atoms with van der Waals surface area (Å²) in [6, 6.07) is 7.99. The number of nitrogens with one attached hydrogen (secondary N) is 2. The monoisotopic (exact) mass is 596 g/mol. The number of aryl methyl sites for hydroxylation is 1. The topological polar surface area (TPSA) is 147 Å². The number of anilines is 1. The molecule has 10 nitrogen and oxygen atoms in total. The van der Waals surface area contributed by atoms with Crippen molar-refractivity contribution in [2.75, 3.05) is 11.9 Å². The van der Waals surface area contributed by atoms with Crippen LogP contribution in [0.25, 0.3) is 10.4 Å². The molecule has 2 aromatic heterocycles. The number of pyridine rings is 1. The summed E-state index contributed by atoms with van der Waals surface area (Å²) in [4.78, 5) is 35.2. The van der Waals surface area contributed by atoms with E-state index in [0.29, 0.717) is 16.1 Å². The third-order valence-electron chi connectivity index (χ3n) is 6.65. The van der Waals surface area contributed by atoms with Crippen LogP contribution in [0.5, 0.6) is 0 Å². The number of amides is 3. The zero-order valence-electron chi connectivity index (χ0n) is 21.7. The van der Waals surface area contributed by atoms with Crippen LogP contribution in [-0.4, -0.2) is 60.0 Å². The number of alkyl halides is 3. The van der Waals surface area contributed by atoms with Gasteiger partial charge in [-0.2, -0.15) is 13.2 Å². The Kier molecular flexibility index (Phi) is 7.93. The van der Waals surface area contributed by atoms with Gasteiger partial charge in [0.2, 0.25) is 15.9 Å². The van der Waals surface area contributed by atoms with Gasteiger partial charge in [-0.05, 0) is 57.0 Å². The number of carbonyl (C=O) groups excluding carboxylic acids is 2. The maximum atomic E-state index is 13.5. The highest BCUT2D eigenvalue weighted by Gasteiger charge is 2.49. The van der Waals surface area contributed by atoms with E-state index >= 15 is 0 Å². The van der Waals surface area contributed by atoms with Crippen molar-refractivity contribution in [3.8, 4) is 10.4 Å². The van der Waals surface area contributed by atoms with E-state index in [0.717, 1.165) is 30.1 Å². The number of halogens is 3. The molecule has 15 heteroatoms. The number of urea groups is 1. The fourth-order valence-corrected chi connectivity index (χ4v) is 6.46. The van der Waals surface area contributed by atoms with E-state index < -0.39 is 45.6 Å². The Morgan fingerprint density at radius 1 is 1.15 bits per heavy atom. The second kappa shape index (κ2) is 10.8. The SMILES string of the molecule is Cc1nc(NC(=O)N2C[C@H](NS(=O)(=O)c3ccccc3)C[C@H]2C(N)=O)sc1-c1ccnc(C(C)(C)C(F)(F)F)c1. The molecule has 1 aliphatic heterocycles. The molecule has 0 saturated carbocycles. The Labute approximate surface area is 232 Å². The van der Waals surface area contributed by atoms with Gasteiger partial charge in [0.25, 0.3) is 0 Å². The first-order valence-electron chi connectivity index (χ1n) is 12.1. The third-order valence-corrected chi connectivity index (χ3v) is 9.31. The number of rotatable bonds is 7. The lowest BCUT2D eigenvalue weighted by atomic mass is 9.87. The van der Waals surface area contributed by atoms with Crippen LogP contribution in [-0.2, 0) is 20.2 Å². The number of nitrogens with two attached hydrogens (primary N) is 1. The summed E-state index contributed by atoms with van der Waals surface area (Å²) in [5.41, 5.74) is 4.06. The number of thiazole rings is 1. The van der Waals surface area contributed by atoms with Gasteiger partial charge in [-0.25, -0.2) is 22.9 Å². The summed E-state index contributed by atoms with van der Waals surface area (Å²) < 4.78 is 68.6. The normalized spacial score (nSPS) is 18.1. The Hall–Kier alpha value is -3.56. The van der Waals surface area contributed by atoms with Crippen molar-refractivity contribution in [1.82, 2.24) is 19.6 Å². The summed E-state index contributed by atoms with van der Waals surface area (Å²) in [5, 5.41) is 2.74. The van der Waals surface area contributed by atoms with Crippen LogP contribution >= 0.6 is 11.3 Å². The lowest BCUT2D eigenvalue weighted by molar-refractivity contribution is -0.181. The fraction of sp³-hybridized carbons (Fsp3) is 0.360. The van der Waals surface area contributed by atoms with E-state index in [2.05, 4.69) is 20.0 Å². The molecule has 1 saturated heterocycles. The number of carbonyl (C=O) groups is 2. The molecule has 40 heavy (non-hydrogen) atoms. The van der Waals surface area contributed by atoms with Crippen LogP contribution in [0.2, 0.25) is 0 Å². The highest BCUT2D eigenvalue weighted by molar-refractivity contribution is 7.89. The third kappa shape index (κ3) is 5.95. The van der Waals surface area contributed by atoms with E-state index in [4.69, 9.17) is 5.73 Å². The molecule has 3 amide bonds. The van der Waals surface area contributed by atoms with Crippen molar-refractivity contribution >= 4 is 38.4 Å². The molecule has 4 N–H and O–H groups in total. The van der Waals surface area contributed by atoms with Gasteiger partial charge < -0.3 is 10.6 Å². The van der Waals surface area contributed by atoms with Gasteiger partial charge in [-0.3, -0.25) is 15.1 Å². The van der Waals surface area contributed by atoms with E-state index in [9.17, 15) is 31.2 Å². The molecule has 0 spiro atoms. The molecule has 0 unspecified atom stereocenters. The van der Waals surface area contributed by atoms with Crippen LogP contribution in [0.15, 0.2) is 53.6 Å². The van der Waals surface area contributed by atoms with Gasteiger partial charge in [0.05, 0.1) is 21.2 Å². The average Bonchev–Trinajstić information content (AvgIpc) is 3.47. The van der Waals surface area contributed by atoms with Crippen molar-refractivity contribution in [2.45, 2.75) is 55.8 Å².